The lowest BCUT2D eigenvalue weighted by molar-refractivity contribution is 0.0261. The standard InChI is InChI=1S/C13H23NO5S.C12H21NO3/c1-13(2,3)18-12(15)14-7-9-5-11(6-10(9)8-14)19-20(4,16)17;1-12(2,3)16-11(15)13-6-8-4-10(14)5-9(8)7-13/h9-11H,5-8H2,1-4H3;8-10,14H,4-7H2,1-3H3/t9-,10+,11?;8-,9+,10?. The molecule has 4 aliphatic rings. The normalized spacial score (nSPS) is 32.0. The van der Waals surface area contributed by atoms with Crippen molar-refractivity contribution in [2.75, 3.05) is 32.4 Å². The van der Waals surface area contributed by atoms with Crippen LogP contribution in [0, 0.1) is 23.7 Å². The van der Waals surface area contributed by atoms with Crippen LogP contribution in [0.25, 0.3) is 0 Å². The Morgan fingerprint density at radius 3 is 1.36 bits per heavy atom. The predicted molar refractivity (Wildman–Crippen MR) is 134 cm³/mol. The van der Waals surface area contributed by atoms with E-state index in [1.54, 1.807) is 9.80 Å². The van der Waals surface area contributed by atoms with Gasteiger partial charge in [0.05, 0.1) is 18.5 Å². The van der Waals surface area contributed by atoms with Gasteiger partial charge in [-0.2, -0.15) is 8.42 Å². The molecule has 36 heavy (non-hydrogen) atoms. The van der Waals surface area contributed by atoms with E-state index in [1.165, 1.54) is 0 Å². The van der Waals surface area contributed by atoms with Gasteiger partial charge in [-0.25, -0.2) is 9.59 Å². The third-order valence-corrected chi connectivity index (χ3v) is 7.67. The molecule has 0 bridgehead atoms. The minimum atomic E-state index is -3.40. The molecular formula is C25H44N2O8S. The Kier molecular flexibility index (Phi) is 8.57. The summed E-state index contributed by atoms with van der Waals surface area (Å²) in [4.78, 5) is 27.3. The van der Waals surface area contributed by atoms with Crippen LogP contribution in [0.5, 0.6) is 0 Å². The molecule has 2 aliphatic carbocycles. The molecule has 0 spiro atoms. The van der Waals surface area contributed by atoms with Gasteiger partial charge in [0, 0.05) is 26.2 Å². The second-order valence-corrected chi connectivity index (χ2v) is 14.4. The van der Waals surface area contributed by atoms with Crippen molar-refractivity contribution in [2.24, 2.45) is 23.7 Å². The number of carbonyl (C=O) groups is 2. The maximum atomic E-state index is 12.0. The average Bonchev–Trinajstić information content (AvgIpc) is 3.36. The van der Waals surface area contributed by atoms with Crippen LogP contribution in [-0.2, 0) is 23.8 Å². The molecule has 11 heteroatoms. The molecule has 1 N–H and O–H groups in total. The van der Waals surface area contributed by atoms with E-state index >= 15 is 0 Å². The quantitative estimate of drug-likeness (QED) is 0.538. The fourth-order valence-corrected chi connectivity index (χ4v) is 6.44. The number of nitrogens with zero attached hydrogens (tertiary/aromatic N) is 2. The number of aliphatic hydroxyl groups is 1. The van der Waals surface area contributed by atoms with E-state index in [2.05, 4.69) is 0 Å². The molecule has 4 fully saturated rings. The van der Waals surface area contributed by atoms with Gasteiger partial charge in [-0.05, 0) is 90.9 Å². The molecule has 2 heterocycles. The van der Waals surface area contributed by atoms with Crippen LogP contribution in [-0.4, -0.2) is 91.4 Å². The Bertz CT molecular complexity index is 882. The van der Waals surface area contributed by atoms with Crippen molar-refractivity contribution in [3.05, 3.63) is 0 Å². The Labute approximate surface area is 215 Å². The van der Waals surface area contributed by atoms with E-state index < -0.39 is 21.3 Å². The summed E-state index contributed by atoms with van der Waals surface area (Å²) in [6.45, 7) is 13.9. The third-order valence-electron chi connectivity index (χ3n) is 7.05. The molecule has 4 rings (SSSR count). The van der Waals surface area contributed by atoms with E-state index in [1.807, 2.05) is 41.5 Å². The Morgan fingerprint density at radius 2 is 1.06 bits per heavy atom. The van der Waals surface area contributed by atoms with Crippen LogP contribution >= 0.6 is 0 Å². The number of aliphatic hydroxyl groups excluding tert-OH is 1. The lowest BCUT2D eigenvalue weighted by atomic mass is 10.0. The van der Waals surface area contributed by atoms with E-state index in [0.717, 1.165) is 32.2 Å². The number of hydrogen-bond acceptors (Lipinski definition) is 8. The number of hydrogen-bond donors (Lipinski definition) is 1. The van der Waals surface area contributed by atoms with Crippen LogP contribution in [0.2, 0.25) is 0 Å². The lowest BCUT2D eigenvalue weighted by Crippen LogP contribution is -2.36. The van der Waals surface area contributed by atoms with Gasteiger partial charge >= 0.3 is 12.2 Å². The second kappa shape index (κ2) is 10.6. The molecule has 0 aromatic heterocycles. The zero-order valence-electron chi connectivity index (χ0n) is 22.7. The zero-order chi connectivity index (χ0) is 27.1. The first-order chi connectivity index (χ1) is 16.4. The van der Waals surface area contributed by atoms with E-state index in [0.29, 0.717) is 49.6 Å². The number of likely N-dealkylation sites (tertiary alicyclic amines) is 2. The largest absolute Gasteiger partial charge is 0.444 e. The van der Waals surface area contributed by atoms with Crippen LogP contribution in [0.3, 0.4) is 0 Å². The van der Waals surface area contributed by atoms with Gasteiger partial charge in [-0.3, -0.25) is 4.18 Å². The predicted octanol–water partition coefficient (Wildman–Crippen LogP) is 3.23. The molecule has 208 valence electrons. The maximum absolute atomic E-state index is 12.0. The van der Waals surface area contributed by atoms with Crippen LogP contribution in [0.4, 0.5) is 9.59 Å². The highest BCUT2D eigenvalue weighted by atomic mass is 32.2. The van der Waals surface area contributed by atoms with Crippen LogP contribution in [0.1, 0.15) is 67.2 Å². The fourth-order valence-electron chi connectivity index (χ4n) is 5.79. The summed E-state index contributed by atoms with van der Waals surface area (Å²) >= 11 is 0. The van der Waals surface area contributed by atoms with Crippen molar-refractivity contribution < 1.29 is 36.8 Å². The van der Waals surface area contributed by atoms with Gasteiger partial charge in [0.1, 0.15) is 11.2 Å². The summed E-state index contributed by atoms with van der Waals surface area (Å²) in [7, 11) is -3.40. The monoisotopic (exact) mass is 532 g/mol. The van der Waals surface area contributed by atoms with Crippen molar-refractivity contribution in [3.63, 3.8) is 0 Å². The van der Waals surface area contributed by atoms with Crippen molar-refractivity contribution >= 4 is 22.3 Å². The lowest BCUT2D eigenvalue weighted by Gasteiger charge is -2.25. The molecule has 2 saturated carbocycles. The topological polar surface area (TPSA) is 123 Å². The minimum Gasteiger partial charge on any atom is -0.444 e. The number of ether oxygens (including phenoxy) is 2. The number of fused-ring (bicyclic) bond motifs is 2. The van der Waals surface area contributed by atoms with Gasteiger partial charge in [0.25, 0.3) is 10.1 Å². The van der Waals surface area contributed by atoms with Crippen LogP contribution in [0.15, 0.2) is 0 Å². The Hall–Kier alpha value is -1.59. The fraction of sp³-hybridized carbons (Fsp3) is 0.920. The first kappa shape index (κ1) is 29.0. The number of amides is 2. The molecule has 0 aromatic carbocycles. The van der Waals surface area contributed by atoms with Crippen molar-refractivity contribution in [2.45, 2.75) is 90.6 Å². The molecule has 2 aliphatic heterocycles. The smallest absolute Gasteiger partial charge is 0.410 e. The van der Waals surface area contributed by atoms with Gasteiger partial charge in [-0.1, -0.05) is 0 Å². The van der Waals surface area contributed by atoms with Crippen molar-refractivity contribution in [1.82, 2.24) is 9.80 Å². The SMILES string of the molecule is CC(C)(C)OC(=O)N1C[C@H]2CC(O)C[C@H]2C1.CC(C)(C)OC(=O)N1C[C@H]2CC(OS(C)(=O)=O)C[C@H]2C1. The number of carbonyl (C=O) groups excluding carboxylic acids is 2. The zero-order valence-corrected chi connectivity index (χ0v) is 23.5. The highest BCUT2D eigenvalue weighted by Crippen LogP contribution is 2.40. The molecule has 0 aromatic rings. The second-order valence-electron chi connectivity index (χ2n) is 12.8. The molecule has 10 nitrogen and oxygen atoms in total. The van der Waals surface area contributed by atoms with E-state index in [-0.39, 0.29) is 24.4 Å². The summed E-state index contributed by atoms with van der Waals surface area (Å²) < 4.78 is 38.0. The van der Waals surface area contributed by atoms with Gasteiger partial charge in [0.15, 0.2) is 0 Å². The average molecular weight is 533 g/mol. The first-order valence-electron chi connectivity index (χ1n) is 12.9. The third kappa shape index (κ3) is 8.48. The molecule has 2 saturated heterocycles. The molecule has 0 radical (unpaired) electrons. The summed E-state index contributed by atoms with van der Waals surface area (Å²) in [5, 5.41) is 9.51. The maximum Gasteiger partial charge on any atom is 0.410 e. The molecule has 2 unspecified atom stereocenters. The van der Waals surface area contributed by atoms with Crippen molar-refractivity contribution in [1.29, 1.82) is 0 Å². The summed E-state index contributed by atoms with van der Waals surface area (Å²) in [5.41, 5.74) is -0.912. The van der Waals surface area contributed by atoms with E-state index in [4.69, 9.17) is 13.7 Å². The summed E-state index contributed by atoms with van der Waals surface area (Å²) in [6.07, 6.45) is 3.25. The van der Waals surface area contributed by atoms with Gasteiger partial charge in [0.2, 0.25) is 0 Å². The van der Waals surface area contributed by atoms with Gasteiger partial charge < -0.3 is 24.4 Å². The Balaban J connectivity index is 0.000000205. The minimum absolute atomic E-state index is 0.157. The highest BCUT2D eigenvalue weighted by Gasteiger charge is 2.45. The van der Waals surface area contributed by atoms with Gasteiger partial charge in [-0.15, -0.1) is 0 Å². The highest BCUT2D eigenvalue weighted by molar-refractivity contribution is 7.86. The van der Waals surface area contributed by atoms with Crippen LogP contribution < -0.4 is 0 Å². The first-order valence-corrected chi connectivity index (χ1v) is 14.7. The molecule has 6 atom stereocenters. The molecular weight excluding hydrogens is 488 g/mol. The number of rotatable bonds is 2. The van der Waals surface area contributed by atoms with Crippen molar-refractivity contribution in [3.8, 4) is 0 Å². The molecule has 2 amide bonds. The Morgan fingerprint density at radius 1 is 0.722 bits per heavy atom. The van der Waals surface area contributed by atoms with E-state index in [9.17, 15) is 23.1 Å². The summed E-state index contributed by atoms with van der Waals surface area (Å²) in [6, 6.07) is 0. The summed E-state index contributed by atoms with van der Waals surface area (Å²) in [5.74, 6) is 1.58.